The SMILES string of the molecule is COc1cccc(NC(=O)CSc2nc3sc4c(c3c(=O)n2-c2cccc(C)c2)C[C@@H](C(C)C)OC4)c1. The van der Waals surface area contributed by atoms with Crippen molar-refractivity contribution >= 4 is 44.9 Å². The third-order valence-corrected chi connectivity index (χ3v) is 8.44. The van der Waals surface area contributed by atoms with E-state index < -0.39 is 0 Å². The number of anilines is 1. The van der Waals surface area contributed by atoms with Crippen molar-refractivity contribution in [3.05, 3.63) is 74.9 Å². The molecule has 1 amide bonds. The van der Waals surface area contributed by atoms with Gasteiger partial charge in [-0.2, -0.15) is 0 Å². The molecule has 37 heavy (non-hydrogen) atoms. The van der Waals surface area contributed by atoms with Gasteiger partial charge in [-0.15, -0.1) is 11.3 Å². The first-order valence-corrected chi connectivity index (χ1v) is 14.0. The lowest BCUT2D eigenvalue weighted by atomic mass is 9.96. The summed E-state index contributed by atoms with van der Waals surface area (Å²) in [7, 11) is 1.58. The molecule has 1 atom stereocenters. The van der Waals surface area contributed by atoms with E-state index in [1.807, 2.05) is 43.3 Å². The minimum atomic E-state index is -0.193. The summed E-state index contributed by atoms with van der Waals surface area (Å²) in [6, 6.07) is 15.0. The second-order valence-electron chi connectivity index (χ2n) is 9.42. The average molecular weight is 536 g/mol. The van der Waals surface area contributed by atoms with E-state index in [0.717, 1.165) is 21.7 Å². The predicted octanol–water partition coefficient (Wildman–Crippen LogP) is 5.59. The van der Waals surface area contributed by atoms with E-state index >= 15 is 0 Å². The van der Waals surface area contributed by atoms with Crippen molar-refractivity contribution in [2.75, 3.05) is 18.2 Å². The van der Waals surface area contributed by atoms with Gasteiger partial charge in [0.2, 0.25) is 5.91 Å². The topological polar surface area (TPSA) is 82.5 Å². The van der Waals surface area contributed by atoms with Gasteiger partial charge in [-0.1, -0.05) is 43.8 Å². The molecule has 0 saturated heterocycles. The van der Waals surface area contributed by atoms with Crippen molar-refractivity contribution in [2.45, 2.75) is 45.1 Å². The molecule has 2 aromatic carbocycles. The summed E-state index contributed by atoms with van der Waals surface area (Å²) in [6.07, 6.45) is 0.777. The highest BCUT2D eigenvalue weighted by Gasteiger charge is 2.29. The van der Waals surface area contributed by atoms with E-state index in [2.05, 4.69) is 19.2 Å². The molecule has 4 aromatic rings. The number of aryl methyl sites for hydroxylation is 1. The molecule has 2 aromatic heterocycles. The first-order chi connectivity index (χ1) is 17.8. The molecule has 192 valence electrons. The molecule has 1 aliphatic rings. The summed E-state index contributed by atoms with van der Waals surface area (Å²) in [5.74, 6) is 0.927. The minimum Gasteiger partial charge on any atom is -0.497 e. The number of rotatable bonds is 7. The highest BCUT2D eigenvalue weighted by Crippen LogP contribution is 2.36. The number of amides is 1. The summed E-state index contributed by atoms with van der Waals surface area (Å²) in [5.41, 5.74) is 3.37. The summed E-state index contributed by atoms with van der Waals surface area (Å²) < 4.78 is 12.9. The molecule has 0 aliphatic carbocycles. The number of carbonyl (C=O) groups excluding carboxylic acids is 1. The molecule has 3 heterocycles. The standard InChI is InChI=1S/C28H29N3O4S2/c1-16(2)22-13-21-23(14-35-22)37-26-25(21)27(33)31(19-9-5-7-17(3)11-19)28(30-26)36-15-24(32)29-18-8-6-10-20(12-18)34-4/h5-12,16,22H,13-15H2,1-4H3,(H,29,32)/t22-/m0/s1. The molecule has 0 saturated carbocycles. The second kappa shape index (κ2) is 10.7. The van der Waals surface area contributed by atoms with Crippen LogP contribution in [0.2, 0.25) is 0 Å². The molecule has 0 spiro atoms. The van der Waals surface area contributed by atoms with Gasteiger partial charge in [0.25, 0.3) is 5.56 Å². The fourth-order valence-corrected chi connectivity index (χ4v) is 6.43. The maximum atomic E-state index is 14.0. The molecule has 0 bridgehead atoms. The van der Waals surface area contributed by atoms with E-state index in [9.17, 15) is 9.59 Å². The maximum Gasteiger partial charge on any atom is 0.267 e. The van der Waals surface area contributed by atoms with Crippen LogP contribution in [0.3, 0.4) is 0 Å². The number of fused-ring (bicyclic) bond motifs is 3. The third kappa shape index (κ3) is 5.30. The Balaban J connectivity index is 1.52. The Hall–Kier alpha value is -3.14. The fraction of sp³-hybridized carbons (Fsp3) is 0.321. The third-order valence-electron chi connectivity index (χ3n) is 6.40. The van der Waals surface area contributed by atoms with Crippen LogP contribution in [0, 0.1) is 12.8 Å². The van der Waals surface area contributed by atoms with Gasteiger partial charge in [-0.05, 0) is 48.2 Å². The number of hydrogen-bond acceptors (Lipinski definition) is 7. The number of carbonyl (C=O) groups is 1. The molecule has 7 nitrogen and oxygen atoms in total. The van der Waals surface area contributed by atoms with Crippen molar-refractivity contribution in [1.82, 2.24) is 9.55 Å². The number of nitrogens with zero attached hydrogens (tertiary/aromatic N) is 2. The smallest absolute Gasteiger partial charge is 0.267 e. The zero-order chi connectivity index (χ0) is 26.1. The highest BCUT2D eigenvalue weighted by atomic mass is 32.2. The van der Waals surface area contributed by atoms with Gasteiger partial charge < -0.3 is 14.8 Å². The van der Waals surface area contributed by atoms with E-state index in [-0.39, 0.29) is 23.3 Å². The van der Waals surface area contributed by atoms with Gasteiger partial charge in [0, 0.05) is 23.1 Å². The Kier molecular flexibility index (Phi) is 7.37. The van der Waals surface area contributed by atoms with Crippen molar-refractivity contribution in [3.8, 4) is 11.4 Å². The normalized spacial score (nSPS) is 15.1. The molecule has 0 unspecified atom stereocenters. The maximum absolute atomic E-state index is 14.0. The van der Waals surface area contributed by atoms with Gasteiger partial charge >= 0.3 is 0 Å². The van der Waals surface area contributed by atoms with Crippen LogP contribution in [0.25, 0.3) is 15.9 Å². The molecule has 0 radical (unpaired) electrons. The minimum absolute atomic E-state index is 0.0754. The number of ether oxygens (including phenoxy) is 2. The van der Waals surface area contributed by atoms with Crippen LogP contribution in [0.4, 0.5) is 5.69 Å². The molecule has 5 rings (SSSR count). The quantitative estimate of drug-likeness (QED) is 0.245. The van der Waals surface area contributed by atoms with Crippen molar-refractivity contribution in [3.63, 3.8) is 0 Å². The molecular formula is C28H29N3O4S2. The van der Waals surface area contributed by atoms with Gasteiger partial charge in [0.1, 0.15) is 10.6 Å². The summed E-state index contributed by atoms with van der Waals surface area (Å²) in [5, 5.41) is 4.05. The summed E-state index contributed by atoms with van der Waals surface area (Å²) in [6.45, 7) is 6.76. The number of thioether (sulfide) groups is 1. The number of hydrogen-bond donors (Lipinski definition) is 1. The van der Waals surface area contributed by atoms with Crippen LogP contribution in [0.1, 0.15) is 29.9 Å². The molecule has 9 heteroatoms. The molecule has 1 aliphatic heterocycles. The number of aromatic nitrogens is 2. The lowest BCUT2D eigenvalue weighted by Gasteiger charge is -2.26. The first kappa shape index (κ1) is 25.5. The molecule has 1 N–H and O–H groups in total. The van der Waals surface area contributed by atoms with Crippen LogP contribution in [0.5, 0.6) is 5.75 Å². The van der Waals surface area contributed by atoms with Gasteiger partial charge in [0.05, 0.1) is 36.6 Å². The monoisotopic (exact) mass is 535 g/mol. The summed E-state index contributed by atoms with van der Waals surface area (Å²) in [4.78, 5) is 33.5. The number of thiophene rings is 1. The largest absolute Gasteiger partial charge is 0.497 e. The number of benzene rings is 2. The Labute approximate surface area is 223 Å². The fourth-order valence-electron chi connectivity index (χ4n) is 4.46. The van der Waals surface area contributed by atoms with E-state index in [0.29, 0.717) is 45.8 Å². The Bertz CT molecular complexity index is 1530. The molecule has 0 fully saturated rings. The van der Waals surface area contributed by atoms with E-state index in [1.165, 1.54) is 23.1 Å². The first-order valence-electron chi connectivity index (χ1n) is 12.2. The van der Waals surface area contributed by atoms with Crippen LogP contribution in [-0.2, 0) is 22.6 Å². The Morgan fingerprint density at radius 1 is 1.27 bits per heavy atom. The van der Waals surface area contributed by atoms with E-state index in [1.54, 1.807) is 23.8 Å². The average Bonchev–Trinajstić information content (AvgIpc) is 3.25. The van der Waals surface area contributed by atoms with Gasteiger partial charge in [0.15, 0.2) is 5.16 Å². The predicted molar refractivity (Wildman–Crippen MR) is 149 cm³/mol. The Morgan fingerprint density at radius 2 is 2.08 bits per heavy atom. The zero-order valence-corrected chi connectivity index (χ0v) is 22.9. The van der Waals surface area contributed by atoms with E-state index in [4.69, 9.17) is 14.5 Å². The summed E-state index contributed by atoms with van der Waals surface area (Å²) >= 11 is 2.76. The van der Waals surface area contributed by atoms with Gasteiger partial charge in [-0.3, -0.25) is 14.2 Å². The van der Waals surface area contributed by atoms with Crippen molar-refractivity contribution in [1.29, 1.82) is 0 Å². The van der Waals surface area contributed by atoms with Crippen LogP contribution in [0.15, 0.2) is 58.5 Å². The van der Waals surface area contributed by atoms with Crippen molar-refractivity contribution in [2.24, 2.45) is 5.92 Å². The lowest BCUT2D eigenvalue weighted by molar-refractivity contribution is -0.113. The molecular weight excluding hydrogens is 506 g/mol. The number of nitrogens with one attached hydrogen (secondary N) is 1. The van der Waals surface area contributed by atoms with Crippen molar-refractivity contribution < 1.29 is 14.3 Å². The number of methoxy groups -OCH3 is 1. The van der Waals surface area contributed by atoms with Crippen LogP contribution >= 0.6 is 23.1 Å². The van der Waals surface area contributed by atoms with Gasteiger partial charge in [-0.25, -0.2) is 4.98 Å². The van der Waals surface area contributed by atoms with Crippen LogP contribution in [-0.4, -0.2) is 34.4 Å². The zero-order valence-electron chi connectivity index (χ0n) is 21.2. The lowest BCUT2D eigenvalue weighted by Crippen LogP contribution is -2.28. The Morgan fingerprint density at radius 3 is 2.84 bits per heavy atom. The second-order valence-corrected chi connectivity index (χ2v) is 11.5. The van der Waals surface area contributed by atoms with Crippen LogP contribution < -0.4 is 15.6 Å². The highest BCUT2D eigenvalue weighted by molar-refractivity contribution is 7.99.